The van der Waals surface area contributed by atoms with Crippen molar-refractivity contribution in [3.05, 3.63) is 77.4 Å². The summed E-state index contributed by atoms with van der Waals surface area (Å²) in [6, 6.07) is 16.9. The number of hydrogen-bond donors (Lipinski definition) is 3. The zero-order valence-electron chi connectivity index (χ0n) is 25.4. The van der Waals surface area contributed by atoms with E-state index < -0.39 is 47.7 Å². The number of fused-ring (bicyclic) bond motifs is 1. The monoisotopic (exact) mass is 561 g/mol. The Morgan fingerprint density at radius 1 is 0.927 bits per heavy atom. The quantitative estimate of drug-likeness (QED) is 0.295. The fourth-order valence-corrected chi connectivity index (χ4v) is 4.68. The van der Waals surface area contributed by atoms with Crippen molar-refractivity contribution < 1.29 is 24.2 Å². The number of carbonyl (C=O) groups is 3. The highest BCUT2D eigenvalue weighted by Crippen LogP contribution is 2.35. The highest BCUT2D eigenvalue weighted by Gasteiger charge is 2.43. The van der Waals surface area contributed by atoms with Gasteiger partial charge in [-0.2, -0.15) is 0 Å². The SMILES string of the molecule is CCC(C)(C)N(C(=O)C(CO)NC(=O)OC(C)(C)C)C(C(=O)Nc1ccc2ccccc2c1)c1cc(C)ccc1C. The molecule has 0 aromatic heterocycles. The first-order valence-corrected chi connectivity index (χ1v) is 14.0. The van der Waals surface area contributed by atoms with Crippen LogP contribution in [0.15, 0.2) is 60.7 Å². The largest absolute Gasteiger partial charge is 0.444 e. The summed E-state index contributed by atoms with van der Waals surface area (Å²) >= 11 is 0. The molecule has 2 unspecified atom stereocenters. The number of anilines is 1. The minimum atomic E-state index is -1.32. The van der Waals surface area contributed by atoms with Gasteiger partial charge in [0.1, 0.15) is 17.7 Å². The summed E-state index contributed by atoms with van der Waals surface area (Å²) in [6.07, 6.45) is -0.323. The van der Waals surface area contributed by atoms with Crippen LogP contribution in [0.5, 0.6) is 0 Å². The molecule has 2 atom stereocenters. The van der Waals surface area contributed by atoms with Crippen LogP contribution in [-0.2, 0) is 14.3 Å². The molecule has 0 aliphatic rings. The molecule has 41 heavy (non-hydrogen) atoms. The van der Waals surface area contributed by atoms with E-state index in [1.807, 2.05) is 95.3 Å². The highest BCUT2D eigenvalue weighted by atomic mass is 16.6. The molecule has 0 spiro atoms. The van der Waals surface area contributed by atoms with Gasteiger partial charge in [0.25, 0.3) is 5.91 Å². The molecule has 3 N–H and O–H groups in total. The second kappa shape index (κ2) is 12.7. The lowest BCUT2D eigenvalue weighted by atomic mass is 9.89. The van der Waals surface area contributed by atoms with E-state index in [1.165, 1.54) is 4.90 Å². The van der Waals surface area contributed by atoms with Crippen LogP contribution in [0.2, 0.25) is 0 Å². The molecule has 3 aromatic rings. The maximum absolute atomic E-state index is 14.3. The van der Waals surface area contributed by atoms with Crippen LogP contribution >= 0.6 is 0 Å². The molecule has 0 heterocycles. The molecule has 0 saturated heterocycles. The van der Waals surface area contributed by atoms with Gasteiger partial charge in [-0.25, -0.2) is 4.79 Å². The van der Waals surface area contributed by atoms with Gasteiger partial charge in [-0.3, -0.25) is 9.59 Å². The van der Waals surface area contributed by atoms with Crippen molar-refractivity contribution in [1.29, 1.82) is 0 Å². The molecular formula is C33H43N3O5. The third kappa shape index (κ3) is 7.85. The number of aliphatic hydroxyl groups is 1. The summed E-state index contributed by atoms with van der Waals surface area (Å²) in [4.78, 5) is 42.6. The molecule has 3 amide bonds. The number of carbonyl (C=O) groups excluding carboxylic acids is 3. The Bertz CT molecular complexity index is 1410. The van der Waals surface area contributed by atoms with Crippen LogP contribution in [0.4, 0.5) is 10.5 Å². The van der Waals surface area contributed by atoms with Crippen LogP contribution < -0.4 is 10.6 Å². The Hall–Kier alpha value is -3.91. The summed E-state index contributed by atoms with van der Waals surface area (Å²) in [7, 11) is 0. The summed E-state index contributed by atoms with van der Waals surface area (Å²) in [5.41, 5.74) is 1.39. The average molecular weight is 562 g/mol. The smallest absolute Gasteiger partial charge is 0.408 e. The Morgan fingerprint density at radius 3 is 2.20 bits per heavy atom. The third-order valence-corrected chi connectivity index (χ3v) is 7.18. The molecule has 0 fully saturated rings. The lowest BCUT2D eigenvalue weighted by Gasteiger charge is -2.44. The Balaban J connectivity index is 2.11. The molecule has 8 heteroatoms. The van der Waals surface area contributed by atoms with E-state index in [0.717, 1.165) is 21.9 Å². The number of alkyl carbamates (subject to hydrolysis) is 1. The first kappa shape index (κ1) is 31.6. The van der Waals surface area contributed by atoms with Crippen molar-refractivity contribution >= 4 is 34.4 Å². The van der Waals surface area contributed by atoms with Gasteiger partial charge in [0.2, 0.25) is 5.91 Å². The van der Waals surface area contributed by atoms with Crippen molar-refractivity contribution in [2.24, 2.45) is 0 Å². The van der Waals surface area contributed by atoms with E-state index in [9.17, 15) is 19.5 Å². The number of nitrogens with zero attached hydrogens (tertiary/aromatic N) is 1. The predicted octanol–water partition coefficient (Wildman–Crippen LogP) is 6.04. The van der Waals surface area contributed by atoms with Gasteiger partial charge in [0, 0.05) is 11.2 Å². The van der Waals surface area contributed by atoms with Crippen LogP contribution in [-0.4, -0.2) is 51.7 Å². The molecule has 220 valence electrons. The molecular weight excluding hydrogens is 518 g/mol. The number of rotatable bonds is 9. The van der Waals surface area contributed by atoms with E-state index >= 15 is 0 Å². The van der Waals surface area contributed by atoms with Gasteiger partial charge in [-0.05, 0) is 88.9 Å². The van der Waals surface area contributed by atoms with E-state index in [0.29, 0.717) is 17.7 Å². The fraction of sp³-hybridized carbons (Fsp3) is 0.424. The zero-order valence-corrected chi connectivity index (χ0v) is 25.4. The normalized spacial score (nSPS) is 13.3. The Labute approximate surface area is 243 Å². The predicted molar refractivity (Wildman–Crippen MR) is 163 cm³/mol. The minimum absolute atomic E-state index is 0.405. The summed E-state index contributed by atoms with van der Waals surface area (Å²) in [5.74, 6) is -0.998. The van der Waals surface area contributed by atoms with Crippen molar-refractivity contribution in [1.82, 2.24) is 10.2 Å². The molecule has 3 aromatic carbocycles. The van der Waals surface area contributed by atoms with Crippen molar-refractivity contribution in [3.63, 3.8) is 0 Å². The topological polar surface area (TPSA) is 108 Å². The minimum Gasteiger partial charge on any atom is -0.444 e. The first-order valence-electron chi connectivity index (χ1n) is 14.0. The van der Waals surface area contributed by atoms with Crippen molar-refractivity contribution in [2.45, 2.75) is 85.0 Å². The first-order chi connectivity index (χ1) is 19.2. The zero-order chi connectivity index (χ0) is 30.5. The standard InChI is InChI=1S/C33H43N3O5/c1-9-33(7,8)36(30(39)27(20-37)35-31(40)41-32(4,5)6)28(26-18-21(2)14-15-22(26)3)29(38)34-25-17-16-23-12-10-11-13-24(23)19-25/h10-19,27-28,37H,9,20H2,1-8H3,(H,34,38)(H,35,40). The molecule has 8 nitrogen and oxygen atoms in total. The van der Waals surface area contributed by atoms with Gasteiger partial charge in [-0.15, -0.1) is 0 Å². The molecule has 0 bridgehead atoms. The lowest BCUT2D eigenvalue weighted by molar-refractivity contribution is -0.148. The van der Waals surface area contributed by atoms with Gasteiger partial charge >= 0.3 is 6.09 Å². The van der Waals surface area contributed by atoms with E-state index in [-0.39, 0.29) is 0 Å². The van der Waals surface area contributed by atoms with E-state index in [2.05, 4.69) is 10.6 Å². The maximum Gasteiger partial charge on any atom is 0.408 e. The van der Waals surface area contributed by atoms with Crippen LogP contribution in [0, 0.1) is 13.8 Å². The highest BCUT2D eigenvalue weighted by molar-refractivity contribution is 6.01. The average Bonchev–Trinajstić information content (AvgIpc) is 2.90. The van der Waals surface area contributed by atoms with E-state index in [4.69, 9.17) is 4.74 Å². The third-order valence-electron chi connectivity index (χ3n) is 7.18. The van der Waals surface area contributed by atoms with Crippen LogP contribution in [0.3, 0.4) is 0 Å². The number of aryl methyl sites for hydroxylation is 2. The van der Waals surface area contributed by atoms with E-state index in [1.54, 1.807) is 20.8 Å². The lowest BCUT2D eigenvalue weighted by Crippen LogP contribution is -2.59. The second-order valence-corrected chi connectivity index (χ2v) is 12.1. The Kier molecular flexibility index (Phi) is 9.81. The number of nitrogens with one attached hydrogen (secondary N) is 2. The van der Waals surface area contributed by atoms with Gasteiger partial charge in [0.05, 0.1) is 6.61 Å². The van der Waals surface area contributed by atoms with Crippen molar-refractivity contribution in [3.8, 4) is 0 Å². The van der Waals surface area contributed by atoms with Gasteiger partial charge < -0.3 is 25.4 Å². The van der Waals surface area contributed by atoms with Gasteiger partial charge in [0.15, 0.2) is 0 Å². The molecule has 0 saturated carbocycles. The van der Waals surface area contributed by atoms with Crippen molar-refractivity contribution in [2.75, 3.05) is 11.9 Å². The number of ether oxygens (including phenoxy) is 1. The second-order valence-electron chi connectivity index (χ2n) is 12.1. The van der Waals surface area contributed by atoms with Crippen LogP contribution in [0.1, 0.15) is 70.7 Å². The Morgan fingerprint density at radius 2 is 1.59 bits per heavy atom. The molecule has 0 radical (unpaired) electrons. The molecule has 3 rings (SSSR count). The summed E-state index contributed by atoms with van der Waals surface area (Å²) in [5, 5.41) is 17.8. The maximum atomic E-state index is 14.3. The van der Waals surface area contributed by atoms with Gasteiger partial charge in [-0.1, -0.05) is 61.0 Å². The summed E-state index contributed by atoms with van der Waals surface area (Å²) in [6.45, 7) is 14.0. The number of aliphatic hydroxyl groups excluding tert-OH is 1. The number of hydrogen-bond acceptors (Lipinski definition) is 5. The fourth-order valence-electron chi connectivity index (χ4n) is 4.68. The molecule has 0 aliphatic carbocycles. The number of benzene rings is 3. The summed E-state index contributed by atoms with van der Waals surface area (Å²) < 4.78 is 5.34. The molecule has 0 aliphatic heterocycles. The number of amides is 3. The van der Waals surface area contributed by atoms with Crippen LogP contribution in [0.25, 0.3) is 10.8 Å².